The van der Waals surface area contributed by atoms with Crippen LogP contribution in [0.25, 0.3) is 0 Å². The van der Waals surface area contributed by atoms with Crippen molar-refractivity contribution in [2.24, 2.45) is 0 Å². The number of anilines is 1. The summed E-state index contributed by atoms with van der Waals surface area (Å²) in [7, 11) is 1.50. The van der Waals surface area contributed by atoms with Gasteiger partial charge in [-0.15, -0.1) is 0 Å². The zero-order valence-electron chi connectivity index (χ0n) is 15.7. The summed E-state index contributed by atoms with van der Waals surface area (Å²) in [5, 5.41) is 9.66. The summed E-state index contributed by atoms with van der Waals surface area (Å²) in [5.41, 5.74) is 0.761. The van der Waals surface area contributed by atoms with E-state index in [9.17, 15) is 18.0 Å². The number of amides is 1. The van der Waals surface area contributed by atoms with Crippen molar-refractivity contribution in [2.75, 3.05) is 19.0 Å². The van der Waals surface area contributed by atoms with Gasteiger partial charge in [0, 0.05) is 13.0 Å². The fourth-order valence-corrected chi connectivity index (χ4v) is 3.28. The molecule has 0 spiro atoms. The summed E-state index contributed by atoms with van der Waals surface area (Å²) in [6.07, 6.45) is -1.84. The number of aromatic nitrogens is 2. The molecule has 0 fully saturated rings. The first-order chi connectivity index (χ1) is 13.3. The number of rotatable bonds is 6. The highest BCUT2D eigenvalue weighted by Crippen LogP contribution is 2.44. The van der Waals surface area contributed by atoms with Crippen molar-refractivity contribution < 1.29 is 22.7 Å². The van der Waals surface area contributed by atoms with E-state index >= 15 is 0 Å². The zero-order valence-corrected chi connectivity index (χ0v) is 15.7. The van der Waals surface area contributed by atoms with Crippen molar-refractivity contribution in [3.63, 3.8) is 0 Å². The van der Waals surface area contributed by atoms with Gasteiger partial charge < -0.3 is 15.4 Å². The molecule has 0 unspecified atom stereocenters. The molecule has 2 aromatic rings. The van der Waals surface area contributed by atoms with Crippen molar-refractivity contribution in [1.82, 2.24) is 15.1 Å². The molecule has 3 rings (SSSR count). The zero-order chi connectivity index (χ0) is 20.3. The Balaban J connectivity index is 1.95. The van der Waals surface area contributed by atoms with Gasteiger partial charge in [-0.3, -0.25) is 4.79 Å². The fraction of sp³-hybridized carbons (Fsp3) is 0.474. The molecule has 1 aromatic carbocycles. The van der Waals surface area contributed by atoms with Crippen molar-refractivity contribution in [3.05, 3.63) is 41.6 Å². The first-order valence-electron chi connectivity index (χ1n) is 9.18. The van der Waals surface area contributed by atoms with E-state index in [1.807, 2.05) is 6.92 Å². The predicted octanol–water partition coefficient (Wildman–Crippen LogP) is 4.08. The van der Waals surface area contributed by atoms with E-state index in [0.717, 1.165) is 17.5 Å². The Morgan fingerprint density at radius 1 is 1.43 bits per heavy atom. The highest BCUT2D eigenvalue weighted by molar-refractivity contribution is 5.98. The predicted molar refractivity (Wildman–Crippen MR) is 98.5 cm³/mol. The highest BCUT2D eigenvalue weighted by atomic mass is 19.4. The third-order valence-electron chi connectivity index (χ3n) is 4.80. The van der Waals surface area contributed by atoms with Gasteiger partial charge >= 0.3 is 6.18 Å². The number of methoxy groups -OCH3 is 1. The monoisotopic (exact) mass is 396 g/mol. The third-order valence-corrected chi connectivity index (χ3v) is 4.80. The van der Waals surface area contributed by atoms with Gasteiger partial charge in [0.2, 0.25) is 0 Å². The fourth-order valence-electron chi connectivity index (χ4n) is 3.28. The van der Waals surface area contributed by atoms with Crippen LogP contribution in [0.1, 0.15) is 54.2 Å². The number of benzene rings is 1. The van der Waals surface area contributed by atoms with E-state index in [1.165, 1.54) is 13.3 Å². The summed E-state index contributed by atoms with van der Waals surface area (Å²) in [6.45, 7) is 2.45. The van der Waals surface area contributed by atoms with E-state index < -0.39 is 24.2 Å². The lowest BCUT2D eigenvalue weighted by molar-refractivity contribution is -0.173. The minimum absolute atomic E-state index is 0.0791. The number of alkyl halides is 3. The third kappa shape index (κ3) is 4.07. The number of carbonyl (C=O) groups excluding carboxylic acids is 1. The van der Waals surface area contributed by atoms with Crippen LogP contribution in [-0.4, -0.2) is 35.5 Å². The Bertz CT molecular complexity index is 835. The van der Waals surface area contributed by atoms with Crippen molar-refractivity contribution in [3.8, 4) is 5.75 Å². The lowest BCUT2D eigenvalue weighted by atomic mass is 9.96. The molecule has 1 aromatic heterocycles. The van der Waals surface area contributed by atoms with E-state index in [4.69, 9.17) is 4.74 Å². The van der Waals surface area contributed by atoms with E-state index in [1.54, 1.807) is 24.3 Å². The molecule has 1 amide bonds. The SMILES string of the molecule is CCCCNC(=O)c1cnn2c1N[C@@H](c1cccc(OC)c1)C[C@@H]2C(F)(F)F. The number of hydrogen-bond acceptors (Lipinski definition) is 4. The number of nitrogens with one attached hydrogen (secondary N) is 2. The molecule has 1 aliphatic heterocycles. The van der Waals surface area contributed by atoms with E-state index in [0.29, 0.717) is 17.9 Å². The molecule has 1 aliphatic rings. The maximum absolute atomic E-state index is 13.7. The normalized spacial score (nSPS) is 18.9. The second-order valence-corrected chi connectivity index (χ2v) is 6.73. The summed E-state index contributed by atoms with van der Waals surface area (Å²) < 4.78 is 47.1. The van der Waals surface area contributed by atoms with Gasteiger partial charge in [-0.2, -0.15) is 18.3 Å². The average molecular weight is 396 g/mol. The first-order valence-corrected chi connectivity index (χ1v) is 9.18. The lowest BCUT2D eigenvalue weighted by Gasteiger charge is -2.34. The van der Waals surface area contributed by atoms with Crippen molar-refractivity contribution >= 4 is 11.7 Å². The summed E-state index contributed by atoms with van der Waals surface area (Å²) in [6, 6.07) is 4.43. The number of ether oxygens (including phenoxy) is 1. The Hall–Kier alpha value is -2.71. The molecular weight excluding hydrogens is 373 g/mol. The standard InChI is InChI=1S/C19H23F3N4O2/c1-3-4-8-23-18(27)14-11-24-26-16(19(20,21)22)10-15(25-17(14)26)12-6-5-7-13(9-12)28-2/h5-7,9,11,15-16,25H,3-4,8,10H2,1-2H3,(H,23,27)/t15-,16-/m1/s1. The molecule has 6 nitrogen and oxygen atoms in total. The van der Waals surface area contributed by atoms with E-state index in [-0.39, 0.29) is 17.8 Å². The largest absolute Gasteiger partial charge is 0.497 e. The van der Waals surface area contributed by atoms with Crippen LogP contribution in [0.3, 0.4) is 0 Å². The van der Waals surface area contributed by atoms with Crippen LogP contribution >= 0.6 is 0 Å². The molecule has 0 saturated carbocycles. The van der Waals surface area contributed by atoms with Crippen molar-refractivity contribution in [1.29, 1.82) is 0 Å². The van der Waals surface area contributed by atoms with Crippen LogP contribution in [0.5, 0.6) is 5.75 Å². The van der Waals surface area contributed by atoms with Gasteiger partial charge in [-0.25, -0.2) is 4.68 Å². The minimum atomic E-state index is -4.49. The van der Waals surface area contributed by atoms with Crippen LogP contribution in [-0.2, 0) is 0 Å². The second kappa shape index (κ2) is 8.12. The Labute approximate surface area is 161 Å². The van der Waals surface area contributed by atoms with Crippen LogP contribution in [0.15, 0.2) is 30.5 Å². The summed E-state index contributed by atoms with van der Waals surface area (Å²) in [5.74, 6) is 0.198. The second-order valence-electron chi connectivity index (χ2n) is 6.73. The van der Waals surface area contributed by atoms with Crippen LogP contribution in [0.4, 0.5) is 19.0 Å². The molecule has 0 bridgehead atoms. The summed E-state index contributed by atoms with van der Waals surface area (Å²) in [4.78, 5) is 12.4. The molecule has 2 heterocycles. The molecular formula is C19H23F3N4O2. The number of carbonyl (C=O) groups is 1. The van der Waals surface area contributed by atoms with Gasteiger partial charge in [-0.1, -0.05) is 25.5 Å². The molecule has 0 aliphatic carbocycles. The molecule has 0 radical (unpaired) electrons. The maximum Gasteiger partial charge on any atom is 0.410 e. The smallest absolute Gasteiger partial charge is 0.410 e. The van der Waals surface area contributed by atoms with Gasteiger partial charge in [-0.05, 0) is 24.1 Å². The molecule has 2 atom stereocenters. The van der Waals surface area contributed by atoms with Gasteiger partial charge in [0.05, 0.1) is 19.3 Å². The number of nitrogens with zero attached hydrogens (tertiary/aromatic N) is 2. The number of halogens is 3. The Morgan fingerprint density at radius 2 is 2.21 bits per heavy atom. The van der Waals surface area contributed by atoms with Crippen LogP contribution in [0.2, 0.25) is 0 Å². The quantitative estimate of drug-likeness (QED) is 0.722. The van der Waals surface area contributed by atoms with Gasteiger partial charge in [0.1, 0.15) is 17.1 Å². The molecule has 2 N–H and O–H groups in total. The number of unbranched alkanes of at least 4 members (excludes halogenated alkanes) is 1. The molecule has 0 saturated heterocycles. The summed E-state index contributed by atoms with van der Waals surface area (Å²) >= 11 is 0. The Morgan fingerprint density at radius 3 is 2.89 bits per heavy atom. The van der Waals surface area contributed by atoms with Crippen LogP contribution < -0.4 is 15.4 Å². The van der Waals surface area contributed by atoms with Gasteiger partial charge in [0.15, 0.2) is 6.04 Å². The van der Waals surface area contributed by atoms with Crippen LogP contribution in [0, 0.1) is 0 Å². The number of fused-ring (bicyclic) bond motifs is 1. The number of hydrogen-bond donors (Lipinski definition) is 2. The molecule has 152 valence electrons. The molecule has 9 heteroatoms. The lowest BCUT2D eigenvalue weighted by Crippen LogP contribution is -2.36. The maximum atomic E-state index is 13.7. The Kier molecular flexibility index (Phi) is 5.81. The van der Waals surface area contributed by atoms with Gasteiger partial charge in [0.25, 0.3) is 5.91 Å². The molecule has 28 heavy (non-hydrogen) atoms. The minimum Gasteiger partial charge on any atom is -0.497 e. The highest BCUT2D eigenvalue weighted by Gasteiger charge is 2.47. The first kappa shape index (κ1) is 20.0. The average Bonchev–Trinajstić information content (AvgIpc) is 3.10. The van der Waals surface area contributed by atoms with Crippen molar-refractivity contribution in [2.45, 2.75) is 44.4 Å². The topological polar surface area (TPSA) is 68.2 Å². The van der Waals surface area contributed by atoms with E-state index in [2.05, 4.69) is 15.7 Å².